The molecule has 282 valence electrons. The van der Waals surface area contributed by atoms with Crippen LogP contribution in [0.15, 0.2) is 66.9 Å². The number of carbonyl (C=O) groups excluding carboxylic acids is 4. The first kappa shape index (κ1) is 51.4. The first-order valence-corrected chi connectivity index (χ1v) is 15.2. The van der Waals surface area contributed by atoms with Crippen LogP contribution in [0.3, 0.4) is 0 Å². The number of fused-ring (bicyclic) bond motifs is 1. The minimum absolute atomic E-state index is 0. The topological polar surface area (TPSA) is 225 Å². The average Bonchev–Trinajstić information content (AvgIpc) is 3.05. The Labute approximate surface area is 324 Å². The SMILES string of the molecule is NCCC[C@H](N)C(=O)N[C@@H](CC(=O)N(CCN)CCN)C(=O)N[C@@H](CCc1ccccc1)C(=O)Nc1cnc2ccccc2c1.[Cl-].[Cl-].[Cl-].[Cl-].[Cl-]. The van der Waals surface area contributed by atoms with E-state index in [2.05, 4.69) is 20.9 Å². The summed E-state index contributed by atoms with van der Waals surface area (Å²) in [4.78, 5) is 59.3. The maximum absolute atomic E-state index is 13.7. The number of para-hydroxylation sites is 1. The van der Waals surface area contributed by atoms with E-state index in [4.69, 9.17) is 22.9 Å². The first-order valence-electron chi connectivity index (χ1n) is 15.2. The molecule has 0 radical (unpaired) electrons. The number of hydrogen-bond donors (Lipinski definition) is 7. The van der Waals surface area contributed by atoms with E-state index in [1.54, 1.807) is 12.3 Å². The smallest absolute Gasteiger partial charge is 0.247 e. The number of aromatic nitrogens is 1. The first-order chi connectivity index (χ1) is 21.7. The van der Waals surface area contributed by atoms with E-state index >= 15 is 0 Å². The van der Waals surface area contributed by atoms with Crippen molar-refractivity contribution in [3.05, 3.63) is 72.4 Å². The van der Waals surface area contributed by atoms with Crippen molar-refractivity contribution in [1.82, 2.24) is 20.5 Å². The van der Waals surface area contributed by atoms with Gasteiger partial charge in [-0.1, -0.05) is 48.5 Å². The molecule has 50 heavy (non-hydrogen) atoms. The molecule has 0 aliphatic carbocycles. The Balaban J connectivity index is -0.00000442. The van der Waals surface area contributed by atoms with Crippen LogP contribution in [-0.2, 0) is 25.6 Å². The van der Waals surface area contributed by atoms with Crippen molar-refractivity contribution >= 4 is 40.2 Å². The number of rotatable bonds is 18. The predicted octanol–water partition coefficient (Wildman–Crippen LogP) is -15.0. The molecule has 0 fully saturated rings. The van der Waals surface area contributed by atoms with Crippen molar-refractivity contribution in [2.75, 3.05) is 38.0 Å². The van der Waals surface area contributed by atoms with Crippen LogP contribution in [0.5, 0.6) is 0 Å². The van der Waals surface area contributed by atoms with Gasteiger partial charge in [0, 0.05) is 31.6 Å². The van der Waals surface area contributed by atoms with Gasteiger partial charge in [-0.25, -0.2) is 0 Å². The fraction of sp³-hybridized carbons (Fsp3) is 0.406. The van der Waals surface area contributed by atoms with E-state index in [1.807, 2.05) is 54.6 Å². The molecule has 0 unspecified atom stereocenters. The van der Waals surface area contributed by atoms with Gasteiger partial charge in [-0.3, -0.25) is 24.2 Å². The summed E-state index contributed by atoms with van der Waals surface area (Å²) in [6.45, 7) is 1.21. The number of carbonyl (C=O) groups is 4. The number of aryl methyl sites for hydroxylation is 1. The van der Waals surface area contributed by atoms with Gasteiger partial charge in [-0.15, -0.1) is 0 Å². The van der Waals surface area contributed by atoms with Crippen LogP contribution in [0.2, 0.25) is 0 Å². The van der Waals surface area contributed by atoms with E-state index in [-0.39, 0.29) is 101 Å². The Kier molecular flexibility index (Phi) is 28.5. The summed E-state index contributed by atoms with van der Waals surface area (Å²) in [5, 5.41) is 9.08. The summed E-state index contributed by atoms with van der Waals surface area (Å²) in [5.74, 6) is -2.20. The normalized spacial score (nSPS) is 11.7. The van der Waals surface area contributed by atoms with Crippen LogP contribution in [0.25, 0.3) is 10.9 Å². The van der Waals surface area contributed by atoms with Crippen molar-refractivity contribution in [2.45, 2.75) is 50.2 Å². The second-order valence-electron chi connectivity index (χ2n) is 10.8. The number of anilines is 1. The molecule has 0 bridgehead atoms. The third-order valence-electron chi connectivity index (χ3n) is 7.27. The highest BCUT2D eigenvalue weighted by Crippen LogP contribution is 2.17. The third kappa shape index (κ3) is 16.8. The van der Waals surface area contributed by atoms with Gasteiger partial charge < -0.3 is 106 Å². The number of benzene rings is 2. The molecule has 0 spiro atoms. The summed E-state index contributed by atoms with van der Waals surface area (Å²) < 4.78 is 0. The van der Waals surface area contributed by atoms with Crippen LogP contribution in [0.4, 0.5) is 5.69 Å². The molecule has 3 aromatic rings. The van der Waals surface area contributed by atoms with Crippen molar-refractivity contribution in [3.63, 3.8) is 0 Å². The molecule has 18 heteroatoms. The summed E-state index contributed by atoms with van der Waals surface area (Å²) in [6.07, 6.45) is 2.72. The molecule has 11 N–H and O–H groups in total. The van der Waals surface area contributed by atoms with Crippen LogP contribution >= 0.6 is 0 Å². The number of nitrogens with one attached hydrogen (secondary N) is 3. The molecule has 0 saturated carbocycles. The van der Waals surface area contributed by atoms with Gasteiger partial charge in [-0.2, -0.15) is 0 Å². The zero-order chi connectivity index (χ0) is 32.6. The number of halogens is 5. The van der Waals surface area contributed by atoms with Gasteiger partial charge in [0.05, 0.1) is 29.9 Å². The summed E-state index contributed by atoms with van der Waals surface area (Å²) >= 11 is 0. The van der Waals surface area contributed by atoms with E-state index in [1.165, 1.54) is 4.90 Å². The Morgan fingerprint density at radius 2 is 1.32 bits per heavy atom. The highest BCUT2D eigenvalue weighted by Gasteiger charge is 2.31. The second kappa shape index (κ2) is 27.7. The molecule has 0 aliphatic rings. The van der Waals surface area contributed by atoms with Gasteiger partial charge in [0.25, 0.3) is 0 Å². The lowest BCUT2D eigenvalue weighted by Gasteiger charge is -2.27. The highest BCUT2D eigenvalue weighted by molar-refractivity contribution is 6.00. The summed E-state index contributed by atoms with van der Waals surface area (Å²) in [5.41, 5.74) is 25.1. The minimum Gasteiger partial charge on any atom is -1.00 e. The lowest BCUT2D eigenvalue weighted by atomic mass is 10.0. The third-order valence-corrected chi connectivity index (χ3v) is 7.27. The molecule has 2 aromatic carbocycles. The summed E-state index contributed by atoms with van der Waals surface area (Å²) in [6, 6.07) is 15.6. The number of pyridine rings is 1. The van der Waals surface area contributed by atoms with Gasteiger partial charge in [0.1, 0.15) is 12.1 Å². The second-order valence-corrected chi connectivity index (χ2v) is 10.8. The van der Waals surface area contributed by atoms with Gasteiger partial charge in [-0.05, 0) is 49.9 Å². The van der Waals surface area contributed by atoms with Crippen LogP contribution in [-0.4, -0.2) is 84.4 Å². The molecule has 3 rings (SSSR count). The lowest BCUT2D eigenvalue weighted by molar-refractivity contribution is -0.137. The largest absolute Gasteiger partial charge is 1.00 e. The predicted molar refractivity (Wildman–Crippen MR) is 175 cm³/mol. The molecule has 4 amide bonds. The molecular formula is C32H45Cl5N9O4-5. The number of hydrogen-bond acceptors (Lipinski definition) is 9. The molecule has 13 nitrogen and oxygen atoms in total. The Hall–Kier alpha value is -2.98. The Morgan fingerprint density at radius 3 is 1.94 bits per heavy atom. The van der Waals surface area contributed by atoms with Crippen molar-refractivity contribution in [1.29, 1.82) is 0 Å². The van der Waals surface area contributed by atoms with Gasteiger partial charge >= 0.3 is 0 Å². The number of nitrogens with zero attached hydrogens (tertiary/aromatic N) is 2. The maximum Gasteiger partial charge on any atom is 0.247 e. The van der Waals surface area contributed by atoms with Crippen molar-refractivity contribution in [3.8, 4) is 0 Å². The number of nitrogens with two attached hydrogens (primary N) is 4. The molecule has 3 atom stereocenters. The molecular weight excluding hydrogens is 752 g/mol. The highest BCUT2D eigenvalue weighted by atomic mass is 35.5. The van der Waals surface area contributed by atoms with Crippen molar-refractivity contribution < 1.29 is 81.2 Å². The summed E-state index contributed by atoms with van der Waals surface area (Å²) in [7, 11) is 0. The monoisotopic (exact) mass is 794 g/mol. The average molecular weight is 797 g/mol. The lowest BCUT2D eigenvalue weighted by Crippen LogP contribution is -3.00. The van der Waals surface area contributed by atoms with Gasteiger partial charge in [0.2, 0.25) is 23.6 Å². The van der Waals surface area contributed by atoms with E-state index in [9.17, 15) is 19.2 Å². The minimum atomic E-state index is -1.30. The molecule has 1 heterocycles. The quantitative estimate of drug-likeness (QED) is 0.0649. The molecule has 0 saturated heterocycles. The van der Waals surface area contributed by atoms with E-state index in [0.29, 0.717) is 31.5 Å². The number of amides is 4. The fourth-order valence-corrected chi connectivity index (χ4v) is 4.80. The van der Waals surface area contributed by atoms with Gasteiger partial charge in [0.15, 0.2) is 0 Å². The van der Waals surface area contributed by atoms with E-state index in [0.717, 1.165) is 16.5 Å². The Morgan fingerprint density at radius 1 is 0.720 bits per heavy atom. The van der Waals surface area contributed by atoms with Crippen LogP contribution in [0, 0.1) is 0 Å². The van der Waals surface area contributed by atoms with E-state index < -0.39 is 41.8 Å². The standard InChI is InChI=1S/C32H45N9O4.5ClH/c33-14-6-10-25(36)30(43)40-28(20-29(42)41(17-15-34)18-16-35)32(45)39-27(13-12-22-7-2-1-3-8-22)31(44)38-24-19-23-9-4-5-11-26(23)37-21-24;;;;;/h1-5,7-9,11,19,21,25,27-28H,6,10,12-18,20,33-36H2,(H,38,44)(H,39,45)(H,40,43);5*1H/p-5/t25-,27-,28-;;;;;/m0...../s1. The molecule has 1 aromatic heterocycles. The zero-order valence-electron chi connectivity index (χ0n) is 27.4. The van der Waals surface area contributed by atoms with Crippen LogP contribution in [0.1, 0.15) is 31.2 Å². The zero-order valence-corrected chi connectivity index (χ0v) is 31.2. The Bertz CT molecular complexity index is 1420. The fourth-order valence-electron chi connectivity index (χ4n) is 4.80. The molecule has 0 aliphatic heterocycles. The van der Waals surface area contributed by atoms with Crippen molar-refractivity contribution in [2.24, 2.45) is 22.9 Å². The maximum atomic E-state index is 13.7. The van der Waals surface area contributed by atoms with Crippen LogP contribution < -0.4 is 101 Å².